The van der Waals surface area contributed by atoms with Crippen LogP contribution < -0.4 is 0 Å². The number of hydrogen-bond donors (Lipinski definition) is 1. The molecule has 0 bridgehead atoms. The summed E-state index contributed by atoms with van der Waals surface area (Å²) < 4.78 is 5.09. The summed E-state index contributed by atoms with van der Waals surface area (Å²) in [6.45, 7) is 6.00. The van der Waals surface area contributed by atoms with Gasteiger partial charge in [0.2, 0.25) is 0 Å². The number of allylic oxidation sites excluding steroid dienone is 1. The Kier molecular flexibility index (Phi) is 6.03. The molecule has 0 fully saturated rings. The molecule has 0 aliphatic rings. The van der Waals surface area contributed by atoms with Gasteiger partial charge in [0.05, 0.1) is 12.2 Å². The molecule has 0 spiro atoms. The van der Waals surface area contributed by atoms with E-state index in [0.717, 1.165) is 6.42 Å². The lowest BCUT2D eigenvalue weighted by Crippen LogP contribution is -2.24. The predicted molar refractivity (Wildman–Crippen MR) is 51.1 cm³/mol. The molecule has 0 aromatic rings. The van der Waals surface area contributed by atoms with E-state index >= 15 is 0 Å². The lowest BCUT2D eigenvalue weighted by atomic mass is 10.1. The Hall–Kier alpha value is -0.340. The van der Waals surface area contributed by atoms with Crippen molar-refractivity contribution in [2.45, 2.75) is 39.4 Å². The Balaban J connectivity index is 3.72. The minimum absolute atomic E-state index is 0.0694. The summed E-state index contributed by atoms with van der Waals surface area (Å²) in [6, 6.07) is 0. The minimum atomic E-state index is -0.396. The molecule has 0 rings (SSSR count). The first-order valence-electron chi connectivity index (χ1n) is 4.45. The molecule has 2 heteroatoms. The maximum absolute atomic E-state index is 9.22. The van der Waals surface area contributed by atoms with Gasteiger partial charge in [-0.1, -0.05) is 26.0 Å². The van der Waals surface area contributed by atoms with Crippen LogP contribution in [0.1, 0.15) is 27.2 Å². The fraction of sp³-hybridized carbons (Fsp3) is 0.800. The molecule has 0 aromatic heterocycles. The van der Waals surface area contributed by atoms with Crippen molar-refractivity contribution in [3.8, 4) is 0 Å². The molecule has 0 aromatic carbocycles. The van der Waals surface area contributed by atoms with Gasteiger partial charge in [-0.15, -0.1) is 0 Å². The van der Waals surface area contributed by atoms with E-state index in [1.165, 1.54) is 0 Å². The van der Waals surface area contributed by atoms with Gasteiger partial charge in [-0.05, 0) is 19.3 Å². The van der Waals surface area contributed by atoms with Crippen molar-refractivity contribution in [2.75, 3.05) is 7.11 Å². The van der Waals surface area contributed by atoms with Crippen molar-refractivity contribution >= 4 is 0 Å². The smallest absolute Gasteiger partial charge is 0.0861 e. The number of rotatable bonds is 5. The highest BCUT2D eigenvalue weighted by atomic mass is 16.5. The standard InChI is InChI=1S/C10H20O2/c1-8(2)6-5-7-10(12-4)9(3)11/h5-6,8-11H,7H2,1-4H3. The zero-order valence-corrected chi connectivity index (χ0v) is 8.45. The van der Waals surface area contributed by atoms with Gasteiger partial charge >= 0.3 is 0 Å². The average Bonchev–Trinajstić information content (AvgIpc) is 1.96. The first kappa shape index (κ1) is 11.7. The highest BCUT2D eigenvalue weighted by Crippen LogP contribution is 2.05. The Bertz CT molecular complexity index is 128. The molecule has 2 unspecified atom stereocenters. The highest BCUT2D eigenvalue weighted by Gasteiger charge is 2.10. The van der Waals surface area contributed by atoms with Gasteiger partial charge < -0.3 is 9.84 Å². The van der Waals surface area contributed by atoms with Crippen LogP contribution in [-0.4, -0.2) is 24.4 Å². The number of aliphatic hydroxyl groups is 1. The number of ether oxygens (including phenoxy) is 1. The summed E-state index contributed by atoms with van der Waals surface area (Å²) in [4.78, 5) is 0. The second kappa shape index (κ2) is 6.21. The average molecular weight is 172 g/mol. The van der Waals surface area contributed by atoms with Crippen LogP contribution in [0.2, 0.25) is 0 Å². The quantitative estimate of drug-likeness (QED) is 0.643. The maximum atomic E-state index is 9.22. The highest BCUT2D eigenvalue weighted by molar-refractivity contribution is 4.87. The second-order valence-electron chi connectivity index (χ2n) is 3.42. The molecule has 0 amide bonds. The van der Waals surface area contributed by atoms with Crippen molar-refractivity contribution in [1.82, 2.24) is 0 Å². The summed E-state index contributed by atoms with van der Waals surface area (Å²) in [5.74, 6) is 0.566. The molecule has 0 saturated carbocycles. The minimum Gasteiger partial charge on any atom is -0.391 e. The van der Waals surface area contributed by atoms with Gasteiger partial charge in [-0.3, -0.25) is 0 Å². The van der Waals surface area contributed by atoms with Crippen LogP contribution in [0.5, 0.6) is 0 Å². The third-order valence-corrected chi connectivity index (χ3v) is 1.73. The van der Waals surface area contributed by atoms with E-state index in [-0.39, 0.29) is 6.10 Å². The lowest BCUT2D eigenvalue weighted by Gasteiger charge is -2.15. The molecule has 72 valence electrons. The molecular formula is C10H20O2. The molecule has 2 atom stereocenters. The summed E-state index contributed by atoms with van der Waals surface area (Å²) in [5.41, 5.74) is 0. The summed E-state index contributed by atoms with van der Waals surface area (Å²) >= 11 is 0. The van der Waals surface area contributed by atoms with Gasteiger partial charge in [0.1, 0.15) is 0 Å². The summed E-state index contributed by atoms with van der Waals surface area (Å²) in [6.07, 6.45) is 4.50. The number of hydrogen-bond acceptors (Lipinski definition) is 2. The largest absolute Gasteiger partial charge is 0.391 e. The fourth-order valence-electron chi connectivity index (χ4n) is 0.975. The zero-order chi connectivity index (χ0) is 9.56. The maximum Gasteiger partial charge on any atom is 0.0861 e. The van der Waals surface area contributed by atoms with Crippen LogP contribution in [0.3, 0.4) is 0 Å². The van der Waals surface area contributed by atoms with Crippen LogP contribution in [0, 0.1) is 5.92 Å². The summed E-state index contributed by atoms with van der Waals surface area (Å²) in [7, 11) is 1.63. The van der Waals surface area contributed by atoms with Crippen molar-refractivity contribution in [3.63, 3.8) is 0 Å². The van der Waals surface area contributed by atoms with E-state index in [0.29, 0.717) is 5.92 Å². The topological polar surface area (TPSA) is 29.5 Å². The molecule has 0 heterocycles. The van der Waals surface area contributed by atoms with E-state index in [1.54, 1.807) is 14.0 Å². The Morgan fingerprint density at radius 1 is 1.33 bits per heavy atom. The second-order valence-corrected chi connectivity index (χ2v) is 3.42. The molecular weight excluding hydrogens is 152 g/mol. The summed E-state index contributed by atoms with van der Waals surface area (Å²) in [5, 5.41) is 9.22. The van der Waals surface area contributed by atoms with E-state index < -0.39 is 6.10 Å². The van der Waals surface area contributed by atoms with Crippen molar-refractivity contribution in [3.05, 3.63) is 12.2 Å². The van der Waals surface area contributed by atoms with Crippen LogP contribution in [-0.2, 0) is 4.74 Å². The first-order valence-corrected chi connectivity index (χ1v) is 4.45. The van der Waals surface area contributed by atoms with Gasteiger partial charge in [-0.25, -0.2) is 0 Å². The Labute approximate surface area is 75.2 Å². The molecule has 2 nitrogen and oxygen atoms in total. The zero-order valence-electron chi connectivity index (χ0n) is 8.45. The monoisotopic (exact) mass is 172 g/mol. The van der Waals surface area contributed by atoms with Gasteiger partial charge in [-0.2, -0.15) is 0 Å². The van der Waals surface area contributed by atoms with Crippen LogP contribution >= 0.6 is 0 Å². The molecule has 0 aliphatic heterocycles. The first-order chi connectivity index (χ1) is 5.57. The van der Waals surface area contributed by atoms with Crippen molar-refractivity contribution in [1.29, 1.82) is 0 Å². The molecule has 0 radical (unpaired) electrons. The van der Waals surface area contributed by atoms with E-state index in [4.69, 9.17) is 4.74 Å². The van der Waals surface area contributed by atoms with Crippen molar-refractivity contribution in [2.24, 2.45) is 5.92 Å². The third-order valence-electron chi connectivity index (χ3n) is 1.73. The van der Waals surface area contributed by atoms with Crippen LogP contribution in [0.15, 0.2) is 12.2 Å². The van der Waals surface area contributed by atoms with E-state index in [1.807, 2.05) is 0 Å². The van der Waals surface area contributed by atoms with E-state index in [9.17, 15) is 5.11 Å². The van der Waals surface area contributed by atoms with Gasteiger partial charge in [0.15, 0.2) is 0 Å². The molecule has 0 saturated heterocycles. The number of methoxy groups -OCH3 is 1. The lowest BCUT2D eigenvalue weighted by molar-refractivity contribution is 0.000200. The molecule has 12 heavy (non-hydrogen) atoms. The Morgan fingerprint density at radius 3 is 2.25 bits per heavy atom. The normalized spacial score (nSPS) is 17.2. The molecule has 0 aliphatic carbocycles. The van der Waals surface area contributed by atoms with E-state index in [2.05, 4.69) is 26.0 Å². The molecule has 1 N–H and O–H groups in total. The SMILES string of the molecule is COC(CC=CC(C)C)C(C)O. The van der Waals surface area contributed by atoms with Crippen LogP contribution in [0.25, 0.3) is 0 Å². The van der Waals surface area contributed by atoms with Gasteiger partial charge in [0.25, 0.3) is 0 Å². The third kappa shape index (κ3) is 5.33. The number of aliphatic hydroxyl groups excluding tert-OH is 1. The van der Waals surface area contributed by atoms with Gasteiger partial charge in [0, 0.05) is 7.11 Å². The van der Waals surface area contributed by atoms with Crippen molar-refractivity contribution < 1.29 is 9.84 Å². The Morgan fingerprint density at radius 2 is 1.92 bits per heavy atom. The predicted octanol–water partition coefficient (Wildman–Crippen LogP) is 1.98. The van der Waals surface area contributed by atoms with Crippen LogP contribution in [0.4, 0.5) is 0 Å². The fourth-order valence-corrected chi connectivity index (χ4v) is 0.975.